The van der Waals surface area contributed by atoms with Gasteiger partial charge in [-0.25, -0.2) is 0 Å². The Kier molecular flexibility index (Phi) is 6.38. The molecule has 0 atom stereocenters. The minimum Gasteiger partial charge on any atom is -0.370 e. The van der Waals surface area contributed by atoms with Crippen LogP contribution in [0.2, 0.25) is 0 Å². The van der Waals surface area contributed by atoms with Crippen LogP contribution in [0, 0.1) is 18.3 Å². The van der Waals surface area contributed by atoms with Crippen LogP contribution < -0.4 is 5.73 Å². The molecule has 2 N–H and O–H groups in total. The number of piperidine rings is 1. The molecule has 0 radical (unpaired) electrons. The number of hydrogen-bond acceptors (Lipinski definition) is 4. The highest BCUT2D eigenvalue weighted by molar-refractivity contribution is 6.11. The third kappa shape index (κ3) is 4.44. The molecule has 6 nitrogen and oxygen atoms in total. The van der Waals surface area contributed by atoms with Crippen LogP contribution in [0.15, 0.2) is 42.5 Å². The normalized spacial score (nSPS) is 14.4. The van der Waals surface area contributed by atoms with Gasteiger partial charge in [-0.05, 0) is 75.2 Å². The van der Waals surface area contributed by atoms with Crippen molar-refractivity contribution in [3.05, 3.63) is 64.8 Å². The van der Waals surface area contributed by atoms with Gasteiger partial charge in [-0.1, -0.05) is 18.6 Å². The lowest BCUT2D eigenvalue weighted by atomic mass is 10.0. The van der Waals surface area contributed by atoms with Crippen molar-refractivity contribution < 1.29 is 9.59 Å². The van der Waals surface area contributed by atoms with Crippen molar-refractivity contribution in [2.45, 2.75) is 39.0 Å². The van der Waals surface area contributed by atoms with Gasteiger partial charge in [0.2, 0.25) is 5.91 Å². The van der Waals surface area contributed by atoms with Crippen LogP contribution in [-0.4, -0.2) is 40.8 Å². The van der Waals surface area contributed by atoms with Gasteiger partial charge in [-0.15, -0.1) is 0 Å². The number of carbonyl (C=O) groups is 2. The molecule has 0 saturated carbocycles. The number of aromatic nitrogens is 1. The predicted molar refractivity (Wildman–Crippen MR) is 125 cm³/mol. The number of fused-ring (bicyclic) bond motifs is 1. The van der Waals surface area contributed by atoms with Crippen molar-refractivity contribution in [3.63, 3.8) is 0 Å². The Balaban J connectivity index is 1.80. The SMILES string of the molecule is Cc1c(C(=O)CN2CCCCC2)c2ccc(CCC(N)=O)cc2n1-c1ccc(C#N)cc1. The van der Waals surface area contributed by atoms with Gasteiger partial charge in [0.25, 0.3) is 0 Å². The van der Waals surface area contributed by atoms with E-state index in [0.29, 0.717) is 18.5 Å². The van der Waals surface area contributed by atoms with Crippen LogP contribution in [0.5, 0.6) is 0 Å². The summed E-state index contributed by atoms with van der Waals surface area (Å²) in [5.74, 6) is -0.201. The van der Waals surface area contributed by atoms with Crippen LogP contribution in [0.25, 0.3) is 16.6 Å². The smallest absolute Gasteiger partial charge is 0.217 e. The van der Waals surface area contributed by atoms with E-state index in [-0.39, 0.29) is 18.1 Å². The Morgan fingerprint density at radius 1 is 1.06 bits per heavy atom. The van der Waals surface area contributed by atoms with Gasteiger partial charge >= 0.3 is 0 Å². The Labute approximate surface area is 188 Å². The first-order chi connectivity index (χ1) is 15.5. The van der Waals surface area contributed by atoms with Crippen molar-refractivity contribution in [3.8, 4) is 11.8 Å². The van der Waals surface area contributed by atoms with Crippen LogP contribution in [0.4, 0.5) is 0 Å². The van der Waals surface area contributed by atoms with Gasteiger partial charge in [0.15, 0.2) is 5.78 Å². The number of benzene rings is 2. The van der Waals surface area contributed by atoms with Crippen LogP contribution >= 0.6 is 0 Å². The topological polar surface area (TPSA) is 92.1 Å². The van der Waals surface area contributed by atoms with Gasteiger partial charge < -0.3 is 10.3 Å². The van der Waals surface area contributed by atoms with Gasteiger partial charge in [0, 0.05) is 28.8 Å². The van der Waals surface area contributed by atoms with E-state index in [1.165, 1.54) is 6.42 Å². The fourth-order valence-electron chi connectivity index (χ4n) is 4.65. The number of ketones is 1. The number of nitrogens with two attached hydrogens (primary N) is 1. The molecule has 0 aliphatic carbocycles. The van der Waals surface area contributed by atoms with Gasteiger partial charge in [-0.3, -0.25) is 14.5 Å². The number of Topliss-reactive ketones (excluding diaryl/α,β-unsaturated/α-hetero) is 1. The number of hydrogen-bond donors (Lipinski definition) is 1. The zero-order valence-corrected chi connectivity index (χ0v) is 18.4. The molecule has 2 aromatic carbocycles. The molecule has 164 valence electrons. The summed E-state index contributed by atoms with van der Waals surface area (Å²) in [6.07, 6.45) is 4.35. The average Bonchev–Trinajstić information content (AvgIpc) is 3.09. The maximum absolute atomic E-state index is 13.4. The van der Waals surface area contributed by atoms with Crippen molar-refractivity contribution in [2.75, 3.05) is 19.6 Å². The quantitative estimate of drug-likeness (QED) is 0.578. The van der Waals surface area contributed by atoms with E-state index < -0.39 is 0 Å². The van der Waals surface area contributed by atoms with Crippen molar-refractivity contribution in [2.24, 2.45) is 5.73 Å². The highest BCUT2D eigenvalue weighted by Crippen LogP contribution is 2.31. The van der Waals surface area contributed by atoms with E-state index in [0.717, 1.165) is 59.3 Å². The number of primary amides is 1. The Morgan fingerprint density at radius 2 is 1.78 bits per heavy atom. The van der Waals surface area contributed by atoms with Gasteiger partial charge in [0.05, 0.1) is 23.7 Å². The van der Waals surface area contributed by atoms with Gasteiger partial charge in [-0.2, -0.15) is 5.26 Å². The minimum atomic E-state index is -0.332. The van der Waals surface area contributed by atoms with E-state index >= 15 is 0 Å². The Hall–Kier alpha value is -3.43. The highest BCUT2D eigenvalue weighted by atomic mass is 16.1. The predicted octanol–water partition coefficient (Wildman–Crippen LogP) is 3.90. The van der Waals surface area contributed by atoms with Crippen molar-refractivity contribution >= 4 is 22.6 Å². The molecule has 0 unspecified atom stereocenters. The first-order valence-corrected chi connectivity index (χ1v) is 11.2. The summed E-state index contributed by atoms with van der Waals surface area (Å²) >= 11 is 0. The molecular weight excluding hydrogens is 400 g/mol. The number of carbonyl (C=O) groups excluding carboxylic acids is 2. The number of rotatable bonds is 7. The van der Waals surface area contributed by atoms with Crippen LogP contribution in [0.1, 0.15) is 52.9 Å². The molecule has 1 aliphatic rings. The molecule has 1 saturated heterocycles. The standard InChI is InChI=1S/C26H28N4O2/c1-18-26(24(31)17-29-13-3-2-4-14-29)22-11-7-19(8-12-25(28)32)15-23(22)30(18)21-9-5-20(16-27)6-10-21/h5-7,9-11,15H,2-4,8,12-14,17H2,1H3,(H2,28,32). The number of nitrogens with zero attached hydrogens (tertiary/aromatic N) is 3. The summed E-state index contributed by atoms with van der Waals surface area (Å²) in [5, 5.41) is 10.1. The molecule has 0 bridgehead atoms. The first-order valence-electron chi connectivity index (χ1n) is 11.2. The van der Waals surface area contributed by atoms with E-state index in [1.54, 1.807) is 12.1 Å². The molecule has 6 heteroatoms. The summed E-state index contributed by atoms with van der Waals surface area (Å²) in [6, 6.07) is 15.5. The highest BCUT2D eigenvalue weighted by Gasteiger charge is 2.23. The molecule has 1 aromatic heterocycles. The molecular formula is C26H28N4O2. The summed E-state index contributed by atoms with van der Waals surface area (Å²) in [4.78, 5) is 26.9. The Morgan fingerprint density at radius 3 is 2.44 bits per heavy atom. The zero-order chi connectivity index (χ0) is 22.7. The largest absolute Gasteiger partial charge is 0.370 e. The summed E-state index contributed by atoms with van der Waals surface area (Å²) in [6.45, 7) is 4.34. The second-order valence-electron chi connectivity index (χ2n) is 8.53. The fraction of sp³-hybridized carbons (Fsp3) is 0.346. The number of amides is 1. The molecule has 1 fully saturated rings. The van der Waals surface area contributed by atoms with E-state index in [9.17, 15) is 9.59 Å². The zero-order valence-electron chi connectivity index (χ0n) is 18.4. The number of likely N-dealkylation sites (tertiary alicyclic amines) is 1. The maximum atomic E-state index is 13.4. The van der Waals surface area contributed by atoms with Gasteiger partial charge in [0.1, 0.15) is 0 Å². The van der Waals surface area contributed by atoms with Crippen molar-refractivity contribution in [1.82, 2.24) is 9.47 Å². The third-order valence-electron chi connectivity index (χ3n) is 6.28. The molecule has 2 heterocycles. The summed E-state index contributed by atoms with van der Waals surface area (Å²) in [7, 11) is 0. The third-order valence-corrected chi connectivity index (χ3v) is 6.28. The molecule has 32 heavy (non-hydrogen) atoms. The van der Waals surface area contributed by atoms with E-state index in [2.05, 4.69) is 15.5 Å². The second-order valence-corrected chi connectivity index (χ2v) is 8.53. The van der Waals surface area contributed by atoms with Crippen LogP contribution in [-0.2, 0) is 11.2 Å². The lowest BCUT2D eigenvalue weighted by Gasteiger charge is -2.25. The molecule has 0 spiro atoms. The fourth-order valence-corrected chi connectivity index (χ4v) is 4.65. The lowest BCUT2D eigenvalue weighted by molar-refractivity contribution is -0.117. The number of aryl methyl sites for hydroxylation is 1. The molecule has 1 aliphatic heterocycles. The van der Waals surface area contributed by atoms with E-state index in [4.69, 9.17) is 11.0 Å². The lowest BCUT2D eigenvalue weighted by Crippen LogP contribution is -2.34. The van der Waals surface area contributed by atoms with Crippen molar-refractivity contribution in [1.29, 1.82) is 5.26 Å². The summed E-state index contributed by atoms with van der Waals surface area (Å²) in [5.41, 5.74) is 10.4. The second kappa shape index (κ2) is 9.37. The number of nitriles is 1. The monoisotopic (exact) mass is 428 g/mol. The minimum absolute atomic E-state index is 0.131. The van der Waals surface area contributed by atoms with Crippen LogP contribution in [0.3, 0.4) is 0 Å². The summed E-state index contributed by atoms with van der Waals surface area (Å²) < 4.78 is 2.08. The Bertz CT molecular complexity index is 1200. The molecule has 3 aromatic rings. The maximum Gasteiger partial charge on any atom is 0.217 e. The average molecular weight is 429 g/mol. The van der Waals surface area contributed by atoms with E-state index in [1.807, 2.05) is 37.3 Å². The molecule has 1 amide bonds. The first kappa shape index (κ1) is 21.8. The molecule has 4 rings (SSSR count).